The number of rotatable bonds is 16. The smallest absolute Gasteiger partial charge is 0.337 e. The summed E-state index contributed by atoms with van der Waals surface area (Å²) in [7, 11) is 0. The SMILES string of the molecule is CCCCCCCCCCCCC1=CCC(=O)[C@@H]1CCC=C=CC(O)C(=O)O. The maximum Gasteiger partial charge on any atom is 0.337 e. The van der Waals surface area contributed by atoms with E-state index in [0.29, 0.717) is 18.6 Å². The zero-order valence-electron chi connectivity index (χ0n) is 17.5. The molecule has 0 aromatic heterocycles. The van der Waals surface area contributed by atoms with Gasteiger partial charge in [0.15, 0.2) is 6.10 Å². The molecular weight excluding hydrogens is 352 g/mol. The molecule has 0 heterocycles. The fraction of sp³-hybridized carbons (Fsp3) is 0.708. The third kappa shape index (κ3) is 10.6. The Morgan fingerprint density at radius 1 is 1.14 bits per heavy atom. The van der Waals surface area contributed by atoms with Gasteiger partial charge in [-0.1, -0.05) is 76.4 Å². The molecule has 2 N–H and O–H groups in total. The Labute approximate surface area is 170 Å². The molecule has 0 saturated carbocycles. The Morgan fingerprint density at radius 3 is 2.36 bits per heavy atom. The minimum atomic E-state index is -1.52. The van der Waals surface area contributed by atoms with Gasteiger partial charge in [0.25, 0.3) is 0 Å². The highest BCUT2D eigenvalue weighted by atomic mass is 16.4. The molecule has 0 aromatic rings. The molecule has 4 nitrogen and oxygen atoms in total. The minimum absolute atomic E-state index is 0.0148. The molecule has 28 heavy (non-hydrogen) atoms. The van der Waals surface area contributed by atoms with E-state index in [1.807, 2.05) is 0 Å². The van der Waals surface area contributed by atoms with Crippen molar-refractivity contribution in [1.29, 1.82) is 0 Å². The average Bonchev–Trinajstić information content (AvgIpc) is 3.02. The zero-order valence-corrected chi connectivity index (χ0v) is 17.5. The number of carboxylic acid groups (broad SMARTS) is 1. The summed E-state index contributed by atoms with van der Waals surface area (Å²) in [5.74, 6) is -0.973. The second-order valence-corrected chi connectivity index (χ2v) is 7.83. The second-order valence-electron chi connectivity index (χ2n) is 7.83. The van der Waals surface area contributed by atoms with Crippen molar-refractivity contribution in [2.24, 2.45) is 5.92 Å². The van der Waals surface area contributed by atoms with E-state index in [-0.39, 0.29) is 5.92 Å². The standard InChI is InChI=1S/C24H38O4/c1-2-3-4-5-6-7-8-9-10-12-15-20-18-19-22(25)21(20)16-13-11-14-17-23(26)24(27)28/h11,17-18,21,23,26H,2-10,12-13,15-16,19H2,1H3,(H,27,28)/t14?,21-,23?/m1/s1. The molecule has 0 aliphatic heterocycles. The Kier molecular flexibility index (Phi) is 13.3. The van der Waals surface area contributed by atoms with Crippen LogP contribution in [0.1, 0.15) is 96.8 Å². The first kappa shape index (κ1) is 24.4. The van der Waals surface area contributed by atoms with Gasteiger partial charge in [0.2, 0.25) is 0 Å². The molecule has 4 heteroatoms. The summed E-state index contributed by atoms with van der Waals surface area (Å²) in [5, 5.41) is 17.7. The molecule has 0 amide bonds. The highest BCUT2D eigenvalue weighted by molar-refractivity contribution is 5.88. The lowest BCUT2D eigenvalue weighted by atomic mass is 9.91. The normalized spacial score (nSPS) is 17.1. The summed E-state index contributed by atoms with van der Waals surface area (Å²) in [4.78, 5) is 22.6. The maximum absolute atomic E-state index is 12.1. The molecule has 2 atom stereocenters. The van der Waals surface area contributed by atoms with Crippen LogP contribution in [0.25, 0.3) is 0 Å². The van der Waals surface area contributed by atoms with Crippen molar-refractivity contribution in [2.75, 3.05) is 0 Å². The van der Waals surface area contributed by atoms with Gasteiger partial charge >= 0.3 is 5.97 Å². The number of carbonyl (C=O) groups is 2. The maximum atomic E-state index is 12.1. The minimum Gasteiger partial charge on any atom is -0.479 e. The largest absolute Gasteiger partial charge is 0.479 e. The molecule has 0 spiro atoms. The van der Waals surface area contributed by atoms with Crippen LogP contribution in [0.15, 0.2) is 29.5 Å². The number of unbranched alkanes of at least 4 members (excludes halogenated alkanes) is 9. The summed E-state index contributed by atoms with van der Waals surface area (Å²) in [6, 6.07) is 0. The van der Waals surface area contributed by atoms with Crippen LogP contribution in [0.2, 0.25) is 0 Å². The average molecular weight is 391 g/mol. The van der Waals surface area contributed by atoms with Crippen molar-refractivity contribution >= 4 is 11.8 Å². The van der Waals surface area contributed by atoms with Gasteiger partial charge in [0.1, 0.15) is 5.78 Å². The predicted octanol–water partition coefficient (Wildman–Crippen LogP) is 5.75. The lowest BCUT2D eigenvalue weighted by Crippen LogP contribution is -2.15. The van der Waals surface area contributed by atoms with Gasteiger partial charge in [0.05, 0.1) is 0 Å². The predicted molar refractivity (Wildman–Crippen MR) is 113 cm³/mol. The van der Waals surface area contributed by atoms with Crippen molar-refractivity contribution in [1.82, 2.24) is 0 Å². The fourth-order valence-corrected chi connectivity index (χ4v) is 3.73. The first-order valence-corrected chi connectivity index (χ1v) is 11.1. The van der Waals surface area contributed by atoms with Gasteiger partial charge in [-0.25, -0.2) is 4.79 Å². The lowest BCUT2D eigenvalue weighted by molar-refractivity contribution is -0.144. The Hall–Kier alpha value is -1.64. The topological polar surface area (TPSA) is 74.6 Å². The molecule has 0 aromatic carbocycles. The van der Waals surface area contributed by atoms with Crippen LogP contribution in [-0.4, -0.2) is 28.1 Å². The number of carbonyl (C=O) groups excluding carboxylic acids is 1. The Morgan fingerprint density at radius 2 is 1.75 bits per heavy atom. The van der Waals surface area contributed by atoms with Crippen molar-refractivity contribution in [3.63, 3.8) is 0 Å². The van der Waals surface area contributed by atoms with E-state index < -0.39 is 12.1 Å². The summed E-state index contributed by atoms with van der Waals surface area (Å²) >= 11 is 0. The van der Waals surface area contributed by atoms with E-state index in [4.69, 9.17) is 10.2 Å². The van der Waals surface area contributed by atoms with E-state index in [0.717, 1.165) is 25.3 Å². The monoisotopic (exact) mass is 390 g/mol. The Balaban J connectivity index is 2.17. The van der Waals surface area contributed by atoms with Crippen molar-refractivity contribution in [3.8, 4) is 0 Å². The molecule has 0 bridgehead atoms. The number of ketones is 1. The quantitative estimate of drug-likeness (QED) is 0.200. The first-order valence-electron chi connectivity index (χ1n) is 11.1. The van der Waals surface area contributed by atoms with Crippen LogP contribution in [0, 0.1) is 5.92 Å². The molecule has 1 rings (SSSR count). The summed E-state index contributed by atoms with van der Waals surface area (Å²) in [6.45, 7) is 2.25. The van der Waals surface area contributed by atoms with Crippen LogP contribution in [0.3, 0.4) is 0 Å². The van der Waals surface area contributed by atoms with Gasteiger partial charge in [-0.15, -0.1) is 5.73 Å². The van der Waals surface area contributed by atoms with Gasteiger partial charge in [-0.05, 0) is 37.8 Å². The Bertz CT molecular complexity index is 555. The van der Waals surface area contributed by atoms with Crippen LogP contribution in [0.4, 0.5) is 0 Å². The van der Waals surface area contributed by atoms with Crippen LogP contribution in [-0.2, 0) is 9.59 Å². The molecule has 1 aliphatic carbocycles. The summed E-state index contributed by atoms with van der Waals surface area (Å²) < 4.78 is 0. The van der Waals surface area contributed by atoms with Crippen LogP contribution in [0.5, 0.6) is 0 Å². The van der Waals surface area contributed by atoms with Crippen molar-refractivity contribution in [2.45, 2.75) is 103 Å². The third-order valence-corrected chi connectivity index (χ3v) is 5.45. The number of carboxylic acids is 1. The van der Waals surface area contributed by atoms with Gasteiger partial charge in [-0.3, -0.25) is 4.79 Å². The van der Waals surface area contributed by atoms with Gasteiger partial charge < -0.3 is 10.2 Å². The number of hydrogen-bond acceptors (Lipinski definition) is 3. The summed E-state index contributed by atoms with van der Waals surface area (Å²) in [5.41, 5.74) is 3.98. The highest BCUT2D eigenvalue weighted by Crippen LogP contribution is 2.31. The van der Waals surface area contributed by atoms with Crippen molar-refractivity contribution in [3.05, 3.63) is 29.5 Å². The molecule has 0 radical (unpaired) electrons. The number of allylic oxidation sites excluding steroid dienone is 2. The lowest BCUT2D eigenvalue weighted by Gasteiger charge is -2.12. The van der Waals surface area contributed by atoms with Crippen molar-refractivity contribution < 1.29 is 19.8 Å². The third-order valence-electron chi connectivity index (χ3n) is 5.45. The number of Topliss-reactive ketones (excluding diaryl/α,β-unsaturated/α-hetero) is 1. The summed E-state index contributed by atoms with van der Waals surface area (Å²) in [6.07, 6.45) is 19.6. The fourth-order valence-electron chi connectivity index (χ4n) is 3.73. The number of aliphatic hydroxyl groups is 1. The van der Waals surface area contributed by atoms with E-state index in [1.54, 1.807) is 6.08 Å². The first-order chi connectivity index (χ1) is 13.6. The van der Waals surface area contributed by atoms with Crippen LogP contribution < -0.4 is 0 Å². The zero-order chi connectivity index (χ0) is 20.6. The molecule has 0 fully saturated rings. The number of aliphatic carboxylic acids is 1. The second kappa shape index (κ2) is 15.3. The van der Waals surface area contributed by atoms with E-state index in [1.165, 1.54) is 63.4 Å². The van der Waals surface area contributed by atoms with E-state index in [9.17, 15) is 9.59 Å². The molecular formula is C24H38O4. The van der Waals surface area contributed by atoms with E-state index >= 15 is 0 Å². The van der Waals surface area contributed by atoms with Gasteiger partial charge in [0, 0.05) is 12.3 Å². The highest BCUT2D eigenvalue weighted by Gasteiger charge is 2.25. The van der Waals surface area contributed by atoms with Crippen LogP contribution >= 0.6 is 0 Å². The molecule has 1 aliphatic rings. The molecule has 0 saturated heterocycles. The molecule has 158 valence electrons. The van der Waals surface area contributed by atoms with E-state index in [2.05, 4.69) is 18.7 Å². The number of aliphatic hydroxyl groups excluding tert-OH is 1. The van der Waals surface area contributed by atoms with Gasteiger partial charge in [-0.2, -0.15) is 0 Å². The molecule has 1 unspecified atom stereocenters. The number of hydrogen-bond donors (Lipinski definition) is 2.